The molecule has 1 aliphatic rings. The number of hydrogen-bond donors (Lipinski definition) is 1. The van der Waals surface area contributed by atoms with Crippen LogP contribution >= 0.6 is 0 Å². The van der Waals surface area contributed by atoms with E-state index in [0.29, 0.717) is 6.54 Å². The van der Waals surface area contributed by atoms with Crippen molar-refractivity contribution in [3.63, 3.8) is 0 Å². The van der Waals surface area contributed by atoms with Crippen LogP contribution in [-0.4, -0.2) is 47.9 Å². The van der Waals surface area contributed by atoms with Crippen LogP contribution in [0.2, 0.25) is 0 Å². The molecular weight excluding hydrogens is 206 g/mol. The second-order valence-electron chi connectivity index (χ2n) is 4.22. The van der Waals surface area contributed by atoms with Gasteiger partial charge < -0.3 is 15.5 Å². The Morgan fingerprint density at radius 2 is 1.94 bits per heavy atom. The number of amides is 3. The third-order valence-corrected chi connectivity index (χ3v) is 2.78. The fourth-order valence-electron chi connectivity index (χ4n) is 1.89. The number of primary amides is 1. The molecule has 0 aromatic rings. The summed E-state index contributed by atoms with van der Waals surface area (Å²) in [4.78, 5) is 26.3. The van der Waals surface area contributed by atoms with Crippen molar-refractivity contribution in [2.24, 2.45) is 5.73 Å². The zero-order chi connectivity index (χ0) is 12.0. The van der Waals surface area contributed by atoms with Crippen molar-refractivity contribution < 1.29 is 9.59 Å². The van der Waals surface area contributed by atoms with Gasteiger partial charge in [0, 0.05) is 19.6 Å². The average Bonchev–Trinajstić information content (AvgIpc) is 2.76. The second-order valence-corrected chi connectivity index (χ2v) is 4.22. The number of nitrogens with two attached hydrogens (primary N) is 1. The molecule has 1 fully saturated rings. The molecule has 3 amide bonds. The highest BCUT2D eigenvalue weighted by Crippen LogP contribution is 2.11. The van der Waals surface area contributed by atoms with Crippen LogP contribution in [0.15, 0.2) is 0 Å². The Kier molecular flexibility index (Phi) is 5.08. The van der Waals surface area contributed by atoms with Crippen molar-refractivity contribution in [1.82, 2.24) is 9.80 Å². The van der Waals surface area contributed by atoms with Crippen molar-refractivity contribution in [2.75, 3.05) is 26.2 Å². The van der Waals surface area contributed by atoms with Gasteiger partial charge in [-0.3, -0.25) is 4.79 Å². The highest BCUT2D eigenvalue weighted by Gasteiger charge is 2.24. The summed E-state index contributed by atoms with van der Waals surface area (Å²) in [6, 6.07) is -0.0373. The average molecular weight is 227 g/mol. The molecule has 0 unspecified atom stereocenters. The molecule has 92 valence electrons. The summed E-state index contributed by atoms with van der Waals surface area (Å²) in [5, 5.41) is 0. The Morgan fingerprint density at radius 3 is 2.44 bits per heavy atom. The molecule has 0 aliphatic carbocycles. The van der Waals surface area contributed by atoms with Crippen molar-refractivity contribution in [3.05, 3.63) is 0 Å². The maximum atomic E-state index is 12.0. The van der Waals surface area contributed by atoms with Crippen LogP contribution < -0.4 is 5.73 Å². The molecule has 1 rings (SSSR count). The third kappa shape index (κ3) is 3.72. The zero-order valence-corrected chi connectivity index (χ0v) is 9.95. The summed E-state index contributed by atoms with van der Waals surface area (Å²) < 4.78 is 0. The van der Waals surface area contributed by atoms with Crippen molar-refractivity contribution in [3.8, 4) is 0 Å². The zero-order valence-electron chi connectivity index (χ0n) is 9.95. The summed E-state index contributed by atoms with van der Waals surface area (Å²) in [6.07, 6.45) is 4.03. The summed E-state index contributed by atoms with van der Waals surface area (Å²) in [7, 11) is 0. The molecule has 0 spiro atoms. The van der Waals surface area contributed by atoms with Gasteiger partial charge in [-0.2, -0.15) is 0 Å². The molecule has 5 nitrogen and oxygen atoms in total. The third-order valence-electron chi connectivity index (χ3n) is 2.78. The second kappa shape index (κ2) is 6.35. The van der Waals surface area contributed by atoms with E-state index in [0.717, 1.165) is 38.8 Å². The van der Waals surface area contributed by atoms with E-state index >= 15 is 0 Å². The monoisotopic (exact) mass is 227 g/mol. The van der Waals surface area contributed by atoms with E-state index in [1.807, 2.05) is 0 Å². The highest BCUT2D eigenvalue weighted by molar-refractivity contribution is 5.83. The van der Waals surface area contributed by atoms with E-state index in [4.69, 9.17) is 5.73 Å². The first-order valence-corrected chi connectivity index (χ1v) is 5.97. The largest absolute Gasteiger partial charge is 0.368 e. The molecule has 16 heavy (non-hydrogen) atoms. The number of rotatable bonds is 5. The first-order valence-electron chi connectivity index (χ1n) is 5.97. The molecule has 0 bridgehead atoms. The number of likely N-dealkylation sites (tertiary alicyclic amines) is 1. The maximum Gasteiger partial charge on any atom is 0.320 e. The molecule has 5 heteroatoms. The summed E-state index contributed by atoms with van der Waals surface area (Å²) in [5.41, 5.74) is 5.15. The Bertz CT molecular complexity index is 250. The van der Waals surface area contributed by atoms with Crippen LogP contribution in [0.4, 0.5) is 4.79 Å². The van der Waals surface area contributed by atoms with Gasteiger partial charge in [-0.05, 0) is 19.3 Å². The summed E-state index contributed by atoms with van der Waals surface area (Å²) in [6.45, 7) is 4.33. The summed E-state index contributed by atoms with van der Waals surface area (Å²) in [5.74, 6) is -0.441. The topological polar surface area (TPSA) is 66.6 Å². The van der Waals surface area contributed by atoms with Gasteiger partial charge >= 0.3 is 6.03 Å². The number of nitrogens with zero attached hydrogens (tertiary/aromatic N) is 2. The smallest absolute Gasteiger partial charge is 0.320 e. The van der Waals surface area contributed by atoms with E-state index in [1.54, 1.807) is 9.80 Å². The van der Waals surface area contributed by atoms with Gasteiger partial charge in [0.25, 0.3) is 0 Å². The minimum Gasteiger partial charge on any atom is -0.368 e. The lowest BCUT2D eigenvalue weighted by molar-refractivity contribution is -0.118. The Balaban J connectivity index is 2.51. The minimum absolute atomic E-state index is 0.0370. The van der Waals surface area contributed by atoms with E-state index < -0.39 is 5.91 Å². The van der Waals surface area contributed by atoms with E-state index in [-0.39, 0.29) is 12.6 Å². The predicted molar refractivity (Wildman–Crippen MR) is 61.9 cm³/mol. The van der Waals surface area contributed by atoms with Crippen molar-refractivity contribution in [2.45, 2.75) is 32.6 Å². The lowest BCUT2D eigenvalue weighted by Crippen LogP contribution is -2.45. The maximum absolute atomic E-state index is 12.0. The normalized spacial score (nSPS) is 15.2. The standard InChI is InChI=1S/C11H21N3O2/c1-2-3-6-14(9-10(12)15)11(16)13-7-4-5-8-13/h2-9H2,1H3,(H2,12,15). The van der Waals surface area contributed by atoms with Gasteiger partial charge in [0.05, 0.1) is 0 Å². The minimum atomic E-state index is -0.441. The number of carbonyl (C=O) groups excluding carboxylic acids is 2. The molecule has 0 radical (unpaired) electrons. The fraction of sp³-hybridized carbons (Fsp3) is 0.818. The van der Waals surface area contributed by atoms with Crippen LogP contribution in [0.3, 0.4) is 0 Å². The Morgan fingerprint density at radius 1 is 1.31 bits per heavy atom. The first kappa shape index (κ1) is 12.8. The molecule has 0 aromatic carbocycles. The van der Waals surface area contributed by atoms with Crippen LogP contribution in [0.1, 0.15) is 32.6 Å². The molecule has 0 aromatic heterocycles. The van der Waals surface area contributed by atoms with Crippen molar-refractivity contribution in [1.29, 1.82) is 0 Å². The van der Waals surface area contributed by atoms with Gasteiger partial charge in [0.2, 0.25) is 5.91 Å². The van der Waals surface area contributed by atoms with E-state index in [2.05, 4.69) is 6.92 Å². The van der Waals surface area contributed by atoms with Crippen molar-refractivity contribution >= 4 is 11.9 Å². The first-order chi connectivity index (χ1) is 7.65. The fourth-order valence-corrected chi connectivity index (χ4v) is 1.89. The number of carbonyl (C=O) groups is 2. The quantitative estimate of drug-likeness (QED) is 0.754. The van der Waals surface area contributed by atoms with Gasteiger partial charge in [-0.1, -0.05) is 13.3 Å². The van der Waals surface area contributed by atoms with Gasteiger partial charge in [0.15, 0.2) is 0 Å². The predicted octanol–water partition coefficient (Wildman–Crippen LogP) is 0.790. The lowest BCUT2D eigenvalue weighted by Gasteiger charge is -2.26. The molecule has 0 saturated carbocycles. The van der Waals surface area contributed by atoms with Crippen LogP contribution in [0.25, 0.3) is 0 Å². The van der Waals surface area contributed by atoms with Crippen LogP contribution in [0, 0.1) is 0 Å². The summed E-state index contributed by atoms with van der Waals surface area (Å²) >= 11 is 0. The molecule has 1 aliphatic heterocycles. The van der Waals surface area contributed by atoms with Crippen LogP contribution in [0.5, 0.6) is 0 Å². The van der Waals surface area contributed by atoms with Gasteiger partial charge in [-0.15, -0.1) is 0 Å². The SMILES string of the molecule is CCCCN(CC(N)=O)C(=O)N1CCCC1. The molecular formula is C11H21N3O2. The van der Waals surface area contributed by atoms with E-state index in [1.165, 1.54) is 0 Å². The Hall–Kier alpha value is -1.26. The molecule has 1 saturated heterocycles. The van der Waals surface area contributed by atoms with Gasteiger partial charge in [0.1, 0.15) is 6.54 Å². The number of unbranched alkanes of at least 4 members (excludes halogenated alkanes) is 1. The molecule has 2 N–H and O–H groups in total. The lowest BCUT2D eigenvalue weighted by atomic mass is 10.3. The number of hydrogen-bond acceptors (Lipinski definition) is 2. The van der Waals surface area contributed by atoms with Gasteiger partial charge in [-0.25, -0.2) is 4.79 Å². The Labute approximate surface area is 96.6 Å². The molecule has 1 heterocycles. The highest BCUT2D eigenvalue weighted by atomic mass is 16.2. The van der Waals surface area contributed by atoms with Crippen LogP contribution in [-0.2, 0) is 4.79 Å². The molecule has 0 atom stereocenters. The number of urea groups is 1. The van der Waals surface area contributed by atoms with E-state index in [9.17, 15) is 9.59 Å².